The predicted octanol–water partition coefficient (Wildman–Crippen LogP) is 4.25. The summed E-state index contributed by atoms with van der Waals surface area (Å²) in [6, 6.07) is 9.43. The number of aromatic nitrogens is 2. The summed E-state index contributed by atoms with van der Waals surface area (Å²) in [5.41, 5.74) is 3.56. The molecule has 2 N–H and O–H groups in total. The maximum absolute atomic E-state index is 10.1. The first-order chi connectivity index (χ1) is 12.2. The van der Waals surface area contributed by atoms with Crippen molar-refractivity contribution in [3.8, 4) is 11.6 Å². The van der Waals surface area contributed by atoms with E-state index in [4.69, 9.17) is 4.74 Å². The van der Waals surface area contributed by atoms with Crippen LogP contribution in [0.25, 0.3) is 11.6 Å². The number of hydrogen-bond donors (Lipinski definition) is 2. The molecule has 0 amide bonds. The molecule has 0 unspecified atom stereocenters. The lowest BCUT2D eigenvalue weighted by Gasteiger charge is -2.03. The van der Waals surface area contributed by atoms with E-state index in [9.17, 15) is 5.11 Å². The Kier molecular flexibility index (Phi) is 3.91. The molecule has 0 spiro atoms. The van der Waals surface area contributed by atoms with Crippen molar-refractivity contribution in [3.63, 3.8) is 0 Å². The maximum Gasteiger partial charge on any atom is 0.231 e. The topological polar surface area (TPSA) is 79.6 Å². The summed E-state index contributed by atoms with van der Waals surface area (Å²) in [5, 5.41) is 13.9. The fourth-order valence-electron chi connectivity index (χ4n) is 2.48. The number of benzene rings is 1. The Bertz CT molecular complexity index is 980. The first-order valence-corrected chi connectivity index (χ1v) is 8.35. The van der Waals surface area contributed by atoms with Gasteiger partial charge in [-0.05, 0) is 36.4 Å². The molecule has 0 aliphatic carbocycles. The summed E-state index contributed by atoms with van der Waals surface area (Å²) in [5.74, 6) is 0.747. The van der Waals surface area contributed by atoms with Crippen LogP contribution in [0.2, 0.25) is 0 Å². The van der Waals surface area contributed by atoms with Crippen LogP contribution in [0, 0.1) is 0 Å². The largest absolute Gasteiger partial charge is 0.497 e. The smallest absolute Gasteiger partial charge is 0.231 e. The Morgan fingerprint density at radius 1 is 1.28 bits per heavy atom. The molecule has 0 atom stereocenters. The first-order valence-electron chi connectivity index (χ1n) is 7.54. The number of pyridine rings is 1. The summed E-state index contributed by atoms with van der Waals surface area (Å²) in [6.45, 7) is 0. The molecule has 0 bridgehead atoms. The second-order valence-corrected chi connectivity index (χ2v) is 6.35. The van der Waals surface area contributed by atoms with Gasteiger partial charge in [-0.3, -0.25) is 9.98 Å². The second-order valence-electron chi connectivity index (χ2n) is 5.31. The zero-order valence-corrected chi connectivity index (χ0v) is 14.1. The third-order valence-electron chi connectivity index (χ3n) is 3.69. The van der Waals surface area contributed by atoms with Gasteiger partial charge < -0.3 is 15.2 Å². The second kappa shape index (κ2) is 6.37. The van der Waals surface area contributed by atoms with Gasteiger partial charge in [-0.2, -0.15) is 4.98 Å². The van der Waals surface area contributed by atoms with Gasteiger partial charge in [-0.25, -0.2) is 0 Å². The molecule has 1 aliphatic heterocycles. The van der Waals surface area contributed by atoms with E-state index in [2.05, 4.69) is 20.3 Å². The van der Waals surface area contributed by atoms with E-state index in [1.807, 2.05) is 36.4 Å². The van der Waals surface area contributed by atoms with Gasteiger partial charge in [0.05, 0.1) is 29.6 Å². The molecule has 3 aromatic rings. The molecule has 0 saturated carbocycles. The number of ether oxygens (including phenoxy) is 1. The summed E-state index contributed by atoms with van der Waals surface area (Å²) < 4.78 is 5.27. The molecular formula is C18H14N4O2S. The number of methoxy groups -OCH3 is 1. The van der Waals surface area contributed by atoms with Gasteiger partial charge in [-0.15, -0.1) is 0 Å². The Balaban J connectivity index is 1.64. The van der Waals surface area contributed by atoms with Crippen LogP contribution in [-0.4, -0.2) is 28.4 Å². The van der Waals surface area contributed by atoms with E-state index < -0.39 is 0 Å². The van der Waals surface area contributed by atoms with Gasteiger partial charge in [0.1, 0.15) is 5.75 Å². The molecule has 0 radical (unpaired) electrons. The third-order valence-corrected chi connectivity index (χ3v) is 4.60. The number of aliphatic imine (C=N–C) groups is 1. The van der Waals surface area contributed by atoms with Gasteiger partial charge in [0, 0.05) is 23.5 Å². The van der Waals surface area contributed by atoms with Gasteiger partial charge >= 0.3 is 0 Å². The van der Waals surface area contributed by atoms with Gasteiger partial charge in [0.25, 0.3) is 0 Å². The number of hydrogen-bond acceptors (Lipinski definition) is 7. The van der Waals surface area contributed by atoms with Gasteiger partial charge in [-0.1, -0.05) is 11.3 Å². The van der Waals surface area contributed by atoms with Crippen LogP contribution >= 0.6 is 11.3 Å². The van der Waals surface area contributed by atoms with Crippen LogP contribution in [0.4, 0.5) is 16.5 Å². The highest BCUT2D eigenvalue weighted by atomic mass is 32.1. The molecule has 25 heavy (non-hydrogen) atoms. The molecule has 7 heteroatoms. The van der Waals surface area contributed by atoms with Crippen LogP contribution in [0.1, 0.15) is 10.4 Å². The first kappa shape index (κ1) is 15.3. The van der Waals surface area contributed by atoms with Crippen LogP contribution in [0.5, 0.6) is 11.6 Å². The average molecular weight is 350 g/mol. The molecule has 2 aromatic heterocycles. The lowest BCUT2D eigenvalue weighted by molar-refractivity contribution is 0.415. The van der Waals surface area contributed by atoms with Gasteiger partial charge in [0.2, 0.25) is 5.88 Å². The molecule has 0 fully saturated rings. The number of aromatic hydroxyl groups is 1. The molecule has 6 nitrogen and oxygen atoms in total. The van der Waals surface area contributed by atoms with E-state index >= 15 is 0 Å². The molecule has 3 heterocycles. The quantitative estimate of drug-likeness (QED) is 0.735. The van der Waals surface area contributed by atoms with Crippen LogP contribution < -0.4 is 10.1 Å². The molecule has 4 rings (SSSR count). The van der Waals surface area contributed by atoms with Crippen molar-refractivity contribution in [2.24, 2.45) is 4.99 Å². The van der Waals surface area contributed by atoms with Crippen LogP contribution in [0.3, 0.4) is 0 Å². The fraction of sp³-hybridized carbons (Fsp3) is 0.0556. The Morgan fingerprint density at radius 3 is 3.00 bits per heavy atom. The number of allylic oxidation sites excluding steroid dienone is 1. The van der Waals surface area contributed by atoms with Crippen LogP contribution in [0.15, 0.2) is 47.7 Å². The highest BCUT2D eigenvalue weighted by Crippen LogP contribution is 2.38. The van der Waals surface area contributed by atoms with Crippen molar-refractivity contribution >= 4 is 45.7 Å². The number of thiazole rings is 1. The van der Waals surface area contributed by atoms with Crippen molar-refractivity contribution in [2.45, 2.75) is 0 Å². The minimum Gasteiger partial charge on any atom is -0.497 e. The van der Waals surface area contributed by atoms with E-state index in [1.165, 1.54) is 11.3 Å². The minimum absolute atomic E-state index is 0.0198. The minimum atomic E-state index is -0.0198. The zero-order chi connectivity index (χ0) is 17.2. The van der Waals surface area contributed by atoms with Crippen molar-refractivity contribution in [3.05, 3.63) is 53.2 Å². The van der Waals surface area contributed by atoms with Gasteiger partial charge in [0.15, 0.2) is 5.13 Å². The Hall–Kier alpha value is -3.19. The van der Waals surface area contributed by atoms with Crippen molar-refractivity contribution in [1.29, 1.82) is 0 Å². The Morgan fingerprint density at radius 2 is 2.20 bits per heavy atom. The van der Waals surface area contributed by atoms with E-state index in [-0.39, 0.29) is 5.88 Å². The van der Waals surface area contributed by atoms with E-state index in [0.717, 1.165) is 28.3 Å². The fourth-order valence-corrected chi connectivity index (χ4v) is 3.31. The summed E-state index contributed by atoms with van der Waals surface area (Å²) in [7, 11) is 1.63. The van der Waals surface area contributed by atoms with Crippen molar-refractivity contribution in [1.82, 2.24) is 9.97 Å². The van der Waals surface area contributed by atoms with Crippen molar-refractivity contribution in [2.75, 3.05) is 12.4 Å². The van der Waals surface area contributed by atoms with Crippen molar-refractivity contribution < 1.29 is 9.84 Å². The summed E-state index contributed by atoms with van der Waals surface area (Å²) in [6.07, 6.45) is 7.04. The molecule has 1 aliphatic rings. The zero-order valence-electron chi connectivity index (χ0n) is 13.3. The standard InChI is InChI=1S/C18H14N4O2S/c1-24-13-4-5-15-14(8-13)11(9-20-15)7-16-17(23)22-18(25-16)21-12-3-2-6-19-10-12/h2-10,23H,1H3,(H,21,22)/b11-7+. The highest BCUT2D eigenvalue weighted by Gasteiger charge is 2.16. The molecule has 0 saturated heterocycles. The third kappa shape index (κ3) is 3.09. The average Bonchev–Trinajstić information content (AvgIpc) is 3.19. The SMILES string of the molecule is COc1ccc2c(c1)/C(=C/c1sc(Nc3cccnc3)nc1O)C=N2. The highest BCUT2D eigenvalue weighted by molar-refractivity contribution is 7.16. The lowest BCUT2D eigenvalue weighted by atomic mass is 10.1. The summed E-state index contributed by atoms with van der Waals surface area (Å²) in [4.78, 5) is 13.2. The number of anilines is 2. The molecular weight excluding hydrogens is 336 g/mol. The monoisotopic (exact) mass is 350 g/mol. The number of rotatable bonds is 4. The summed E-state index contributed by atoms with van der Waals surface area (Å²) >= 11 is 1.36. The van der Waals surface area contributed by atoms with E-state index in [1.54, 1.807) is 25.7 Å². The van der Waals surface area contributed by atoms with E-state index in [0.29, 0.717) is 10.0 Å². The number of nitrogens with zero attached hydrogens (tertiary/aromatic N) is 3. The normalized spacial score (nSPS) is 13.9. The maximum atomic E-state index is 10.1. The van der Waals surface area contributed by atoms with Crippen LogP contribution in [-0.2, 0) is 0 Å². The molecule has 124 valence electrons. The number of nitrogens with one attached hydrogen (secondary N) is 1. The number of fused-ring (bicyclic) bond motifs is 1. The predicted molar refractivity (Wildman–Crippen MR) is 100 cm³/mol. The lowest BCUT2D eigenvalue weighted by Crippen LogP contribution is -1.88. The molecule has 1 aromatic carbocycles. The Labute approximate surface area is 148 Å².